The molecule has 0 saturated carbocycles. The van der Waals surface area contributed by atoms with Crippen LogP contribution in [-0.4, -0.2) is 41.1 Å². The molecular formula is C29H32FN5O2. The molecule has 4 aromatic rings. The Hall–Kier alpha value is -3.62. The first-order valence-electron chi connectivity index (χ1n) is 12.8. The molecule has 1 aliphatic heterocycles. The Balaban J connectivity index is 1.27. The first kappa shape index (κ1) is 25.0. The van der Waals surface area contributed by atoms with Gasteiger partial charge in [0.15, 0.2) is 17.3 Å². The van der Waals surface area contributed by atoms with Crippen LogP contribution < -0.4 is 11.1 Å². The number of nitrogens with zero attached hydrogens (tertiary/aromatic N) is 3. The van der Waals surface area contributed by atoms with Gasteiger partial charge in [0.25, 0.3) is 0 Å². The maximum absolute atomic E-state index is 13.0. The fourth-order valence-electron chi connectivity index (χ4n) is 4.47. The lowest BCUT2D eigenvalue weighted by atomic mass is 9.98. The maximum atomic E-state index is 13.0. The van der Waals surface area contributed by atoms with Gasteiger partial charge in [0.1, 0.15) is 11.9 Å². The smallest absolute Gasteiger partial charge is 0.189 e. The topological polar surface area (TPSA) is 99.1 Å². The Morgan fingerprint density at radius 1 is 1.05 bits per heavy atom. The number of hydrogen-bond acceptors (Lipinski definition) is 7. The van der Waals surface area contributed by atoms with E-state index in [9.17, 15) is 4.39 Å². The van der Waals surface area contributed by atoms with E-state index in [0.717, 1.165) is 54.9 Å². The highest BCUT2D eigenvalue weighted by Gasteiger charge is 2.17. The Labute approximate surface area is 216 Å². The van der Waals surface area contributed by atoms with Crippen molar-refractivity contribution < 1.29 is 13.7 Å². The quantitative estimate of drug-likeness (QED) is 0.297. The number of benzene rings is 2. The predicted molar refractivity (Wildman–Crippen MR) is 142 cm³/mol. The van der Waals surface area contributed by atoms with E-state index in [1.165, 1.54) is 12.5 Å². The van der Waals surface area contributed by atoms with Crippen molar-refractivity contribution in [2.75, 3.05) is 25.5 Å². The molecule has 3 heterocycles. The molecular weight excluding hydrogens is 469 g/mol. The van der Waals surface area contributed by atoms with Crippen LogP contribution in [0, 0.1) is 5.92 Å². The van der Waals surface area contributed by atoms with E-state index < -0.39 is 6.17 Å². The molecule has 2 atom stereocenters. The molecule has 1 aliphatic rings. The van der Waals surface area contributed by atoms with Crippen molar-refractivity contribution in [3.8, 4) is 34.0 Å². The summed E-state index contributed by atoms with van der Waals surface area (Å²) < 4.78 is 24.1. The number of ether oxygens (including phenoxy) is 1. The zero-order valence-electron chi connectivity index (χ0n) is 21.0. The number of aromatic nitrogens is 3. The summed E-state index contributed by atoms with van der Waals surface area (Å²) >= 11 is 0. The number of halogens is 1. The van der Waals surface area contributed by atoms with Gasteiger partial charge >= 0.3 is 0 Å². The van der Waals surface area contributed by atoms with E-state index in [1.807, 2.05) is 30.3 Å². The van der Waals surface area contributed by atoms with Gasteiger partial charge in [-0.05, 0) is 43.2 Å². The Morgan fingerprint density at radius 3 is 2.49 bits per heavy atom. The fraction of sp³-hybridized carbons (Fsp3) is 0.345. The molecule has 7 nitrogen and oxygen atoms in total. The van der Waals surface area contributed by atoms with Crippen molar-refractivity contribution in [1.82, 2.24) is 20.4 Å². The van der Waals surface area contributed by atoms with Crippen molar-refractivity contribution >= 4 is 5.82 Å². The van der Waals surface area contributed by atoms with E-state index in [2.05, 4.69) is 39.7 Å². The van der Waals surface area contributed by atoms with Crippen LogP contribution in [0.25, 0.3) is 34.0 Å². The lowest BCUT2D eigenvalue weighted by Crippen LogP contribution is -2.21. The van der Waals surface area contributed by atoms with E-state index >= 15 is 0 Å². The molecule has 1 saturated heterocycles. The highest BCUT2D eigenvalue weighted by Crippen LogP contribution is 2.30. The molecule has 1 fully saturated rings. The van der Waals surface area contributed by atoms with E-state index in [4.69, 9.17) is 20.0 Å². The number of alkyl halides is 1. The molecule has 0 radical (unpaired) electrons. The average molecular weight is 502 g/mol. The van der Waals surface area contributed by atoms with Crippen LogP contribution in [0.1, 0.15) is 30.9 Å². The molecule has 0 spiro atoms. The van der Waals surface area contributed by atoms with Gasteiger partial charge in [-0.2, -0.15) is 0 Å². The SMILES string of the molecule is CC(F)CNCc1ccc(-c2cc(-c3nc(-c4ccc(CCC5CCOC5)cc4)cnc3N)on2)cc1. The molecule has 37 heavy (non-hydrogen) atoms. The predicted octanol–water partition coefficient (Wildman–Crippen LogP) is 5.46. The zero-order chi connectivity index (χ0) is 25.6. The molecule has 2 aromatic heterocycles. The summed E-state index contributed by atoms with van der Waals surface area (Å²) in [7, 11) is 0. The summed E-state index contributed by atoms with van der Waals surface area (Å²) in [6, 6.07) is 18.1. The molecule has 5 rings (SSSR count). The summed E-state index contributed by atoms with van der Waals surface area (Å²) in [5, 5.41) is 7.30. The van der Waals surface area contributed by atoms with Gasteiger partial charge in [-0.15, -0.1) is 0 Å². The Bertz CT molecular complexity index is 1300. The number of nitrogen functional groups attached to an aromatic ring is 1. The fourth-order valence-corrected chi connectivity index (χ4v) is 4.47. The van der Waals surface area contributed by atoms with Crippen molar-refractivity contribution in [2.45, 2.75) is 38.9 Å². The third-order valence-electron chi connectivity index (χ3n) is 6.66. The molecule has 0 amide bonds. The first-order chi connectivity index (χ1) is 18.0. The van der Waals surface area contributed by atoms with Gasteiger partial charge < -0.3 is 20.3 Å². The van der Waals surface area contributed by atoms with E-state index in [0.29, 0.717) is 36.2 Å². The number of nitrogens with two attached hydrogens (primary N) is 1. The van der Waals surface area contributed by atoms with Gasteiger partial charge in [0.05, 0.1) is 11.9 Å². The third-order valence-corrected chi connectivity index (χ3v) is 6.66. The van der Waals surface area contributed by atoms with Crippen LogP contribution in [0.5, 0.6) is 0 Å². The second-order valence-electron chi connectivity index (χ2n) is 9.64. The minimum atomic E-state index is -0.872. The molecule has 192 valence electrons. The molecule has 8 heteroatoms. The number of rotatable bonds is 10. The summed E-state index contributed by atoms with van der Waals surface area (Å²) in [5.41, 5.74) is 12.2. The number of hydrogen-bond donors (Lipinski definition) is 2. The summed E-state index contributed by atoms with van der Waals surface area (Å²) in [4.78, 5) is 9.10. The van der Waals surface area contributed by atoms with Gasteiger partial charge in [0, 0.05) is 43.5 Å². The van der Waals surface area contributed by atoms with Crippen molar-refractivity contribution in [1.29, 1.82) is 0 Å². The van der Waals surface area contributed by atoms with Gasteiger partial charge in [-0.1, -0.05) is 53.7 Å². The minimum absolute atomic E-state index is 0.283. The summed E-state index contributed by atoms with van der Waals surface area (Å²) in [6.07, 6.45) is 4.16. The third kappa shape index (κ3) is 6.39. The highest BCUT2D eigenvalue weighted by atomic mass is 19.1. The normalized spacial score (nSPS) is 16.2. The van der Waals surface area contributed by atoms with Crippen LogP contribution in [0.3, 0.4) is 0 Å². The highest BCUT2D eigenvalue weighted by molar-refractivity contribution is 5.73. The molecule has 3 N–H and O–H groups in total. The second-order valence-corrected chi connectivity index (χ2v) is 9.64. The van der Waals surface area contributed by atoms with Crippen LogP contribution in [0.15, 0.2) is 65.3 Å². The van der Waals surface area contributed by atoms with Crippen LogP contribution in [-0.2, 0) is 17.7 Å². The van der Waals surface area contributed by atoms with Crippen molar-refractivity contribution in [3.63, 3.8) is 0 Å². The number of anilines is 1. The van der Waals surface area contributed by atoms with Crippen LogP contribution >= 0.6 is 0 Å². The maximum Gasteiger partial charge on any atom is 0.189 e. The van der Waals surface area contributed by atoms with Crippen molar-refractivity contribution in [2.24, 2.45) is 5.92 Å². The van der Waals surface area contributed by atoms with E-state index in [-0.39, 0.29) is 5.82 Å². The summed E-state index contributed by atoms with van der Waals surface area (Å²) in [6.45, 7) is 4.25. The summed E-state index contributed by atoms with van der Waals surface area (Å²) in [5.74, 6) is 1.41. The van der Waals surface area contributed by atoms with Crippen LogP contribution in [0.4, 0.5) is 10.2 Å². The van der Waals surface area contributed by atoms with Gasteiger partial charge in [-0.25, -0.2) is 14.4 Å². The van der Waals surface area contributed by atoms with Crippen molar-refractivity contribution in [3.05, 3.63) is 71.9 Å². The molecule has 0 bridgehead atoms. The van der Waals surface area contributed by atoms with E-state index in [1.54, 1.807) is 6.20 Å². The monoisotopic (exact) mass is 501 g/mol. The molecule has 2 unspecified atom stereocenters. The Kier molecular flexibility index (Phi) is 7.87. The standard InChI is InChI=1S/C29H32FN5O2/c1-19(30)15-32-16-21-6-10-23(11-7-21)25-14-27(37-35-25)28-29(31)33-17-26(34-28)24-8-4-20(5-9-24)2-3-22-12-13-36-18-22/h4-11,14,17,19,22,32H,2-3,12-13,15-16,18H2,1H3,(H2,31,33). The minimum Gasteiger partial charge on any atom is -0.382 e. The lowest BCUT2D eigenvalue weighted by Gasteiger charge is -2.08. The van der Waals surface area contributed by atoms with Crippen LogP contribution in [0.2, 0.25) is 0 Å². The molecule has 0 aliphatic carbocycles. The Morgan fingerprint density at radius 2 is 1.78 bits per heavy atom. The van der Waals surface area contributed by atoms with Gasteiger partial charge in [0.2, 0.25) is 0 Å². The first-order valence-corrected chi connectivity index (χ1v) is 12.8. The molecule has 2 aromatic carbocycles. The number of nitrogens with one attached hydrogen (secondary N) is 1. The number of aryl methyl sites for hydroxylation is 1. The average Bonchev–Trinajstić information content (AvgIpc) is 3.61. The zero-order valence-corrected chi connectivity index (χ0v) is 21.0. The van der Waals surface area contributed by atoms with Gasteiger partial charge in [-0.3, -0.25) is 0 Å². The lowest BCUT2D eigenvalue weighted by molar-refractivity contribution is 0.184. The largest absolute Gasteiger partial charge is 0.382 e. The second kappa shape index (κ2) is 11.6.